The molecule has 0 saturated carbocycles. The molecule has 4 rings (SSSR count). The van der Waals surface area contributed by atoms with E-state index >= 15 is 0 Å². The first-order valence-corrected chi connectivity index (χ1v) is 13.8. The summed E-state index contributed by atoms with van der Waals surface area (Å²) >= 11 is 0. The van der Waals surface area contributed by atoms with Crippen molar-refractivity contribution in [3.63, 3.8) is 0 Å². The fourth-order valence-electron chi connectivity index (χ4n) is 5.44. The van der Waals surface area contributed by atoms with Gasteiger partial charge in [0.25, 0.3) is 0 Å². The van der Waals surface area contributed by atoms with Gasteiger partial charge in [-0.15, -0.1) is 0 Å². The average molecular weight is 529 g/mol. The van der Waals surface area contributed by atoms with Gasteiger partial charge in [0.15, 0.2) is 0 Å². The van der Waals surface area contributed by atoms with Gasteiger partial charge in [0, 0.05) is 40.4 Å². The topological polar surface area (TPSA) is 81.8 Å². The van der Waals surface area contributed by atoms with Crippen molar-refractivity contribution in [1.29, 1.82) is 0 Å². The molecule has 7 nitrogen and oxygen atoms in total. The molecular weight excluding hydrogens is 488 g/mol. The number of fused-ring (bicyclic) bond motifs is 1. The first-order chi connectivity index (χ1) is 18.9. The van der Waals surface area contributed by atoms with Crippen molar-refractivity contribution in [3.8, 4) is 0 Å². The van der Waals surface area contributed by atoms with E-state index in [0.29, 0.717) is 19.3 Å². The molecule has 3 atom stereocenters. The van der Waals surface area contributed by atoms with Crippen molar-refractivity contribution in [1.82, 2.24) is 20.4 Å². The quantitative estimate of drug-likeness (QED) is 0.423. The number of hydrogen-bond acceptors (Lipinski definition) is 4. The van der Waals surface area contributed by atoms with Gasteiger partial charge in [0.05, 0.1) is 0 Å². The summed E-state index contributed by atoms with van der Waals surface area (Å²) in [7, 11) is 4.98. The Kier molecular flexibility index (Phi) is 9.71. The Hall–Kier alpha value is -3.71. The summed E-state index contributed by atoms with van der Waals surface area (Å²) in [5.74, 6) is -0.262. The highest BCUT2D eigenvalue weighted by molar-refractivity contribution is 5.92. The van der Waals surface area contributed by atoms with Crippen LogP contribution in [0.2, 0.25) is 0 Å². The zero-order valence-electron chi connectivity index (χ0n) is 23.2. The van der Waals surface area contributed by atoms with Crippen molar-refractivity contribution in [2.24, 2.45) is 5.92 Å². The summed E-state index contributed by atoms with van der Waals surface area (Å²) in [6, 6.07) is 22.5. The Bertz CT molecular complexity index is 1270. The summed E-state index contributed by atoms with van der Waals surface area (Å²) in [4.78, 5) is 43.7. The molecule has 39 heavy (non-hydrogen) atoms. The zero-order valence-corrected chi connectivity index (χ0v) is 23.2. The molecule has 1 saturated heterocycles. The van der Waals surface area contributed by atoms with Crippen molar-refractivity contribution in [3.05, 3.63) is 83.9 Å². The number of amides is 3. The molecule has 1 aliphatic rings. The SMILES string of the molecule is CNC(=O)[C@@H](Cc1ccccc1)N(C)C(=O)[C@H](Cc1ccc2ccccc2c1)N(C)C(=O)CC1CCCNC1. The maximum absolute atomic E-state index is 14.1. The summed E-state index contributed by atoms with van der Waals surface area (Å²) in [5, 5.41) is 8.30. The second-order valence-electron chi connectivity index (χ2n) is 10.6. The van der Waals surface area contributed by atoms with Crippen LogP contribution in [0.15, 0.2) is 72.8 Å². The second-order valence-corrected chi connectivity index (χ2v) is 10.6. The normalized spacial score (nSPS) is 16.7. The number of nitrogens with zero attached hydrogens (tertiary/aromatic N) is 2. The van der Waals surface area contributed by atoms with Crippen LogP contribution in [-0.4, -0.2) is 73.8 Å². The minimum absolute atomic E-state index is 0.0456. The minimum atomic E-state index is -0.733. The van der Waals surface area contributed by atoms with Crippen LogP contribution in [0.1, 0.15) is 30.4 Å². The van der Waals surface area contributed by atoms with Gasteiger partial charge in [-0.2, -0.15) is 0 Å². The smallest absolute Gasteiger partial charge is 0.246 e. The molecule has 0 spiro atoms. The molecule has 0 radical (unpaired) electrons. The van der Waals surface area contributed by atoms with Crippen LogP contribution in [0, 0.1) is 5.92 Å². The van der Waals surface area contributed by atoms with Gasteiger partial charge < -0.3 is 20.4 Å². The Labute approximate surface area is 231 Å². The largest absolute Gasteiger partial charge is 0.357 e. The van der Waals surface area contributed by atoms with Crippen LogP contribution in [0.25, 0.3) is 10.8 Å². The molecular formula is C32H40N4O3. The van der Waals surface area contributed by atoms with Gasteiger partial charge in [-0.1, -0.05) is 72.8 Å². The highest BCUT2D eigenvalue weighted by Crippen LogP contribution is 2.22. The molecule has 1 heterocycles. The second kappa shape index (κ2) is 13.4. The van der Waals surface area contributed by atoms with Crippen molar-refractivity contribution in [2.75, 3.05) is 34.2 Å². The maximum atomic E-state index is 14.1. The van der Waals surface area contributed by atoms with E-state index in [-0.39, 0.29) is 23.6 Å². The molecule has 0 aromatic heterocycles. The monoisotopic (exact) mass is 528 g/mol. The summed E-state index contributed by atoms with van der Waals surface area (Å²) in [5.41, 5.74) is 1.94. The van der Waals surface area contributed by atoms with Crippen LogP contribution >= 0.6 is 0 Å². The fraction of sp³-hybridized carbons (Fsp3) is 0.406. The number of hydrogen-bond donors (Lipinski definition) is 2. The lowest BCUT2D eigenvalue weighted by Crippen LogP contribution is -2.56. The van der Waals surface area contributed by atoms with Crippen LogP contribution in [0.3, 0.4) is 0 Å². The van der Waals surface area contributed by atoms with Crippen molar-refractivity contribution >= 4 is 28.5 Å². The summed E-state index contributed by atoms with van der Waals surface area (Å²) < 4.78 is 0. The van der Waals surface area contributed by atoms with E-state index in [9.17, 15) is 14.4 Å². The lowest BCUT2D eigenvalue weighted by atomic mass is 9.94. The number of likely N-dealkylation sites (N-methyl/N-ethyl adjacent to an activating group) is 3. The predicted molar refractivity (Wildman–Crippen MR) is 155 cm³/mol. The Balaban J connectivity index is 1.61. The first-order valence-electron chi connectivity index (χ1n) is 13.8. The van der Waals surface area contributed by atoms with Crippen LogP contribution in [0.5, 0.6) is 0 Å². The molecule has 0 aliphatic carbocycles. The van der Waals surface area contributed by atoms with Crippen LogP contribution in [-0.2, 0) is 27.2 Å². The van der Waals surface area contributed by atoms with Crippen molar-refractivity contribution in [2.45, 2.75) is 44.2 Å². The molecule has 3 aromatic carbocycles. The third-order valence-corrected chi connectivity index (χ3v) is 7.89. The van der Waals surface area contributed by atoms with E-state index in [1.165, 1.54) is 4.90 Å². The van der Waals surface area contributed by atoms with E-state index in [4.69, 9.17) is 0 Å². The molecule has 2 N–H and O–H groups in total. The van der Waals surface area contributed by atoms with Crippen LogP contribution < -0.4 is 10.6 Å². The van der Waals surface area contributed by atoms with E-state index in [0.717, 1.165) is 47.8 Å². The summed E-state index contributed by atoms with van der Waals surface area (Å²) in [6.45, 7) is 1.80. The van der Waals surface area contributed by atoms with Gasteiger partial charge in [-0.25, -0.2) is 0 Å². The number of nitrogens with one attached hydrogen (secondary N) is 2. The Morgan fingerprint density at radius 1 is 0.872 bits per heavy atom. The van der Waals surface area contributed by atoms with E-state index in [1.807, 2.05) is 60.7 Å². The lowest BCUT2D eigenvalue weighted by Gasteiger charge is -2.35. The van der Waals surface area contributed by atoms with E-state index < -0.39 is 12.1 Å². The van der Waals surface area contributed by atoms with E-state index in [2.05, 4.69) is 22.8 Å². The molecule has 0 bridgehead atoms. The molecule has 1 fully saturated rings. The third-order valence-electron chi connectivity index (χ3n) is 7.89. The molecule has 206 valence electrons. The third kappa shape index (κ3) is 7.24. The Morgan fingerprint density at radius 3 is 2.26 bits per heavy atom. The van der Waals surface area contributed by atoms with Gasteiger partial charge in [-0.3, -0.25) is 14.4 Å². The molecule has 3 aromatic rings. The maximum Gasteiger partial charge on any atom is 0.246 e. The average Bonchev–Trinajstić information content (AvgIpc) is 2.98. The molecule has 7 heteroatoms. The van der Waals surface area contributed by atoms with Gasteiger partial charge in [0.1, 0.15) is 12.1 Å². The highest BCUT2D eigenvalue weighted by Gasteiger charge is 2.35. The number of carbonyl (C=O) groups excluding carboxylic acids is 3. The van der Waals surface area contributed by atoms with Gasteiger partial charge >= 0.3 is 0 Å². The predicted octanol–water partition coefficient (Wildman–Crippen LogP) is 3.41. The molecule has 1 unspecified atom stereocenters. The van der Waals surface area contributed by atoms with E-state index in [1.54, 1.807) is 26.0 Å². The number of rotatable bonds is 10. The number of piperidine rings is 1. The summed E-state index contributed by atoms with van der Waals surface area (Å²) in [6.07, 6.45) is 3.21. The fourth-order valence-corrected chi connectivity index (χ4v) is 5.44. The molecule has 1 aliphatic heterocycles. The standard InChI is InChI=1S/C32H40N4O3/c1-33-31(38)28(19-23-10-5-4-6-11-23)36(3)32(39)29(35(2)30(37)21-25-12-9-17-34-22-25)20-24-15-16-26-13-7-8-14-27(26)18-24/h4-8,10-11,13-16,18,25,28-29,34H,9,12,17,19-22H2,1-3H3,(H,33,38)/t25?,28-,29+/m1/s1. The van der Waals surface area contributed by atoms with Crippen LogP contribution in [0.4, 0.5) is 0 Å². The van der Waals surface area contributed by atoms with Crippen molar-refractivity contribution < 1.29 is 14.4 Å². The zero-order chi connectivity index (χ0) is 27.8. The first kappa shape index (κ1) is 28.3. The number of carbonyl (C=O) groups is 3. The lowest BCUT2D eigenvalue weighted by molar-refractivity contribution is -0.147. The molecule has 3 amide bonds. The Morgan fingerprint density at radius 2 is 1.56 bits per heavy atom. The van der Waals surface area contributed by atoms with Gasteiger partial charge in [0.2, 0.25) is 17.7 Å². The number of benzene rings is 3. The minimum Gasteiger partial charge on any atom is -0.357 e. The van der Waals surface area contributed by atoms with Gasteiger partial charge in [-0.05, 0) is 53.7 Å². The highest BCUT2D eigenvalue weighted by atomic mass is 16.2.